The highest BCUT2D eigenvalue weighted by Crippen LogP contribution is 2.28. The molecule has 3 rings (SSSR count). The summed E-state index contributed by atoms with van der Waals surface area (Å²) in [5, 5.41) is 3.45. The molecule has 1 heterocycles. The van der Waals surface area contributed by atoms with Crippen molar-refractivity contribution in [1.82, 2.24) is 0 Å². The van der Waals surface area contributed by atoms with Gasteiger partial charge in [-0.15, -0.1) is 0 Å². The standard InChI is InChI=1S/C17H18BrNO2/c1-20-14-3-4-15(18)16(11-14)19-8-6-12-2-5-17-13(10-12)7-9-21-17/h2-5,10-11,19H,6-9H2,1H3. The second kappa shape index (κ2) is 6.39. The van der Waals surface area contributed by atoms with Crippen LogP contribution in [0.2, 0.25) is 0 Å². The fourth-order valence-electron chi connectivity index (χ4n) is 2.50. The second-order valence-electron chi connectivity index (χ2n) is 5.06. The molecule has 0 aromatic heterocycles. The molecule has 0 amide bonds. The van der Waals surface area contributed by atoms with Gasteiger partial charge in [0, 0.05) is 23.5 Å². The maximum Gasteiger partial charge on any atom is 0.122 e. The fraction of sp³-hybridized carbons (Fsp3) is 0.294. The summed E-state index contributed by atoms with van der Waals surface area (Å²) < 4.78 is 11.8. The molecule has 0 saturated carbocycles. The molecule has 21 heavy (non-hydrogen) atoms. The van der Waals surface area contributed by atoms with Crippen LogP contribution in [-0.2, 0) is 12.8 Å². The van der Waals surface area contributed by atoms with Crippen LogP contribution in [0.25, 0.3) is 0 Å². The number of nitrogens with one attached hydrogen (secondary N) is 1. The van der Waals surface area contributed by atoms with E-state index in [1.54, 1.807) is 7.11 Å². The monoisotopic (exact) mass is 347 g/mol. The fourth-order valence-corrected chi connectivity index (χ4v) is 2.89. The van der Waals surface area contributed by atoms with Crippen LogP contribution < -0.4 is 14.8 Å². The normalized spacial score (nSPS) is 12.7. The van der Waals surface area contributed by atoms with Crippen LogP contribution in [0, 0.1) is 0 Å². The topological polar surface area (TPSA) is 30.5 Å². The Hall–Kier alpha value is -1.68. The molecule has 4 heteroatoms. The molecular weight excluding hydrogens is 330 g/mol. The Morgan fingerprint density at radius 2 is 2.14 bits per heavy atom. The third-order valence-electron chi connectivity index (χ3n) is 3.66. The average Bonchev–Trinajstić information content (AvgIpc) is 2.97. The number of hydrogen-bond donors (Lipinski definition) is 1. The number of halogens is 1. The van der Waals surface area contributed by atoms with Gasteiger partial charge < -0.3 is 14.8 Å². The summed E-state index contributed by atoms with van der Waals surface area (Å²) in [7, 11) is 1.68. The summed E-state index contributed by atoms with van der Waals surface area (Å²) in [6, 6.07) is 12.4. The third kappa shape index (κ3) is 3.32. The van der Waals surface area contributed by atoms with Crippen LogP contribution in [0.5, 0.6) is 11.5 Å². The molecule has 2 aromatic carbocycles. The number of hydrogen-bond acceptors (Lipinski definition) is 3. The highest BCUT2D eigenvalue weighted by atomic mass is 79.9. The third-order valence-corrected chi connectivity index (χ3v) is 4.35. The smallest absolute Gasteiger partial charge is 0.122 e. The van der Waals surface area contributed by atoms with E-state index in [-0.39, 0.29) is 0 Å². The first kappa shape index (κ1) is 14.3. The Kier molecular flexibility index (Phi) is 4.34. The van der Waals surface area contributed by atoms with Crippen LogP contribution in [0.4, 0.5) is 5.69 Å². The minimum absolute atomic E-state index is 0.813. The quantitative estimate of drug-likeness (QED) is 0.884. The molecule has 0 unspecified atom stereocenters. The van der Waals surface area contributed by atoms with E-state index in [4.69, 9.17) is 9.47 Å². The van der Waals surface area contributed by atoms with Gasteiger partial charge in [0.05, 0.1) is 19.4 Å². The van der Waals surface area contributed by atoms with E-state index in [2.05, 4.69) is 39.4 Å². The zero-order valence-electron chi connectivity index (χ0n) is 12.0. The van der Waals surface area contributed by atoms with E-state index in [9.17, 15) is 0 Å². The van der Waals surface area contributed by atoms with Crippen molar-refractivity contribution in [2.75, 3.05) is 25.6 Å². The van der Waals surface area contributed by atoms with Gasteiger partial charge in [-0.3, -0.25) is 0 Å². The summed E-state index contributed by atoms with van der Waals surface area (Å²) in [6.45, 7) is 1.69. The van der Waals surface area contributed by atoms with Gasteiger partial charge in [0.2, 0.25) is 0 Å². The first-order chi connectivity index (χ1) is 10.3. The number of methoxy groups -OCH3 is 1. The molecular formula is C17H18BrNO2. The van der Waals surface area contributed by atoms with Gasteiger partial charge in [0.1, 0.15) is 11.5 Å². The van der Waals surface area contributed by atoms with Crippen LogP contribution in [0.1, 0.15) is 11.1 Å². The van der Waals surface area contributed by atoms with Crippen molar-refractivity contribution in [2.24, 2.45) is 0 Å². The summed E-state index contributed by atoms with van der Waals surface area (Å²) in [4.78, 5) is 0. The zero-order valence-corrected chi connectivity index (χ0v) is 13.6. The maximum atomic E-state index is 5.53. The molecule has 0 radical (unpaired) electrons. The molecule has 0 spiro atoms. The molecule has 110 valence electrons. The molecule has 0 bridgehead atoms. The number of rotatable bonds is 5. The molecule has 3 nitrogen and oxygen atoms in total. The lowest BCUT2D eigenvalue weighted by molar-refractivity contribution is 0.357. The van der Waals surface area contributed by atoms with Gasteiger partial charge in [-0.05, 0) is 51.7 Å². The van der Waals surface area contributed by atoms with Crippen LogP contribution in [-0.4, -0.2) is 20.3 Å². The Balaban J connectivity index is 1.61. The molecule has 0 atom stereocenters. The first-order valence-corrected chi connectivity index (χ1v) is 7.87. The summed E-state index contributed by atoms with van der Waals surface area (Å²) in [6.07, 6.45) is 2.01. The molecule has 1 aliphatic rings. The van der Waals surface area contributed by atoms with Crippen LogP contribution >= 0.6 is 15.9 Å². The first-order valence-electron chi connectivity index (χ1n) is 7.08. The van der Waals surface area contributed by atoms with Crippen molar-refractivity contribution in [3.63, 3.8) is 0 Å². The average molecular weight is 348 g/mol. The predicted molar refractivity (Wildman–Crippen MR) is 88.5 cm³/mol. The van der Waals surface area contributed by atoms with Crippen molar-refractivity contribution in [3.8, 4) is 11.5 Å². The van der Waals surface area contributed by atoms with Crippen molar-refractivity contribution < 1.29 is 9.47 Å². The minimum atomic E-state index is 0.813. The van der Waals surface area contributed by atoms with Gasteiger partial charge >= 0.3 is 0 Å². The minimum Gasteiger partial charge on any atom is -0.497 e. The summed E-state index contributed by atoms with van der Waals surface area (Å²) in [5.41, 5.74) is 3.72. The highest BCUT2D eigenvalue weighted by Gasteiger charge is 2.11. The SMILES string of the molecule is COc1ccc(Br)c(NCCc2ccc3c(c2)CCO3)c1. The lowest BCUT2D eigenvalue weighted by Gasteiger charge is -2.11. The number of fused-ring (bicyclic) bond motifs is 1. The van der Waals surface area contributed by atoms with Gasteiger partial charge in [-0.1, -0.05) is 12.1 Å². The Morgan fingerprint density at radius 1 is 1.24 bits per heavy atom. The van der Waals surface area contributed by atoms with E-state index in [1.807, 2.05) is 18.2 Å². The molecule has 1 aliphatic heterocycles. The lowest BCUT2D eigenvalue weighted by Crippen LogP contribution is -2.05. The van der Waals surface area contributed by atoms with Gasteiger partial charge in [0.25, 0.3) is 0 Å². The Bertz CT molecular complexity index is 643. The lowest BCUT2D eigenvalue weighted by atomic mass is 10.1. The van der Waals surface area contributed by atoms with Gasteiger partial charge in [-0.2, -0.15) is 0 Å². The molecule has 1 N–H and O–H groups in total. The van der Waals surface area contributed by atoms with E-state index in [0.717, 1.165) is 47.7 Å². The largest absolute Gasteiger partial charge is 0.497 e. The second-order valence-corrected chi connectivity index (χ2v) is 5.92. The van der Waals surface area contributed by atoms with Gasteiger partial charge in [-0.25, -0.2) is 0 Å². The van der Waals surface area contributed by atoms with E-state index in [1.165, 1.54) is 11.1 Å². The van der Waals surface area contributed by atoms with Crippen molar-refractivity contribution in [2.45, 2.75) is 12.8 Å². The van der Waals surface area contributed by atoms with Crippen molar-refractivity contribution in [1.29, 1.82) is 0 Å². The van der Waals surface area contributed by atoms with Crippen molar-refractivity contribution in [3.05, 3.63) is 52.0 Å². The molecule has 0 saturated heterocycles. The Labute approximate surface area is 133 Å². The van der Waals surface area contributed by atoms with E-state index in [0.29, 0.717) is 0 Å². The Morgan fingerprint density at radius 3 is 3.00 bits per heavy atom. The molecule has 2 aromatic rings. The number of anilines is 1. The number of benzene rings is 2. The van der Waals surface area contributed by atoms with Gasteiger partial charge in [0.15, 0.2) is 0 Å². The van der Waals surface area contributed by atoms with Crippen molar-refractivity contribution >= 4 is 21.6 Å². The van der Waals surface area contributed by atoms with Crippen LogP contribution in [0.3, 0.4) is 0 Å². The highest BCUT2D eigenvalue weighted by molar-refractivity contribution is 9.10. The molecule has 0 aliphatic carbocycles. The number of ether oxygens (including phenoxy) is 2. The predicted octanol–water partition coefficient (Wildman–Crippen LogP) is 4.05. The van der Waals surface area contributed by atoms with E-state index >= 15 is 0 Å². The zero-order chi connectivity index (χ0) is 14.7. The molecule has 0 fully saturated rings. The van der Waals surface area contributed by atoms with Crippen LogP contribution in [0.15, 0.2) is 40.9 Å². The maximum absolute atomic E-state index is 5.53. The summed E-state index contributed by atoms with van der Waals surface area (Å²) in [5.74, 6) is 1.90. The van der Waals surface area contributed by atoms with E-state index < -0.39 is 0 Å². The summed E-state index contributed by atoms with van der Waals surface area (Å²) >= 11 is 3.55.